The van der Waals surface area contributed by atoms with Crippen molar-refractivity contribution in [2.24, 2.45) is 0 Å². The second-order valence-corrected chi connectivity index (χ2v) is 3.77. The minimum atomic E-state index is 0.261. The molecule has 2 N–H and O–H groups in total. The molecular formula is C14H14O2. The molecule has 1 aromatic rings. The number of benzene rings is 1. The van der Waals surface area contributed by atoms with Crippen molar-refractivity contribution in [1.29, 1.82) is 0 Å². The zero-order valence-corrected chi connectivity index (χ0v) is 8.93. The van der Waals surface area contributed by atoms with Crippen LogP contribution in [-0.4, -0.2) is 10.2 Å². The summed E-state index contributed by atoms with van der Waals surface area (Å²) in [5.74, 6) is 0.703. The lowest BCUT2D eigenvalue weighted by molar-refractivity contribution is 0.384. The first-order chi connectivity index (χ1) is 7.75. The summed E-state index contributed by atoms with van der Waals surface area (Å²) in [4.78, 5) is 0. The quantitative estimate of drug-likeness (QED) is 0.790. The van der Waals surface area contributed by atoms with E-state index < -0.39 is 0 Å². The molecule has 16 heavy (non-hydrogen) atoms. The molecule has 0 saturated carbocycles. The fourth-order valence-electron chi connectivity index (χ4n) is 1.59. The predicted molar refractivity (Wildman–Crippen MR) is 65.2 cm³/mol. The first-order valence-corrected chi connectivity index (χ1v) is 5.31. The maximum Gasteiger partial charge on any atom is 0.115 e. The number of phenolic OH excluding ortho intramolecular Hbond substituents is 1. The predicted octanol–water partition coefficient (Wildman–Crippen LogP) is 3.57. The van der Waals surface area contributed by atoms with E-state index in [4.69, 9.17) is 5.11 Å². The molecule has 0 saturated heterocycles. The van der Waals surface area contributed by atoms with Crippen LogP contribution in [0, 0.1) is 0 Å². The van der Waals surface area contributed by atoms with Crippen LogP contribution in [0.4, 0.5) is 0 Å². The molecule has 2 rings (SSSR count). The van der Waals surface area contributed by atoms with E-state index in [9.17, 15) is 5.11 Å². The Morgan fingerprint density at radius 3 is 2.44 bits per heavy atom. The van der Waals surface area contributed by atoms with Crippen LogP contribution in [-0.2, 0) is 0 Å². The summed E-state index contributed by atoms with van der Waals surface area (Å²) in [6, 6.07) is 6.95. The zero-order valence-electron chi connectivity index (χ0n) is 8.93. The molecule has 1 aliphatic rings. The molecule has 0 amide bonds. The van der Waals surface area contributed by atoms with Crippen LogP contribution in [0.25, 0.3) is 6.08 Å². The number of hydrogen-bond donors (Lipinski definition) is 2. The van der Waals surface area contributed by atoms with Crippen molar-refractivity contribution in [1.82, 2.24) is 0 Å². The highest BCUT2D eigenvalue weighted by Gasteiger charge is 2.02. The van der Waals surface area contributed by atoms with Crippen molar-refractivity contribution >= 4 is 6.08 Å². The van der Waals surface area contributed by atoms with Gasteiger partial charge in [0.05, 0.1) is 5.76 Å². The number of aliphatic hydroxyl groups is 1. The van der Waals surface area contributed by atoms with Gasteiger partial charge in [0, 0.05) is 12.0 Å². The van der Waals surface area contributed by atoms with Gasteiger partial charge in [-0.1, -0.05) is 36.4 Å². The van der Waals surface area contributed by atoms with E-state index in [1.54, 1.807) is 12.1 Å². The molecule has 0 aromatic heterocycles. The summed E-state index contributed by atoms with van der Waals surface area (Å²) < 4.78 is 0. The van der Waals surface area contributed by atoms with Gasteiger partial charge in [-0.05, 0) is 24.1 Å². The van der Waals surface area contributed by atoms with Gasteiger partial charge in [0.1, 0.15) is 5.75 Å². The highest BCUT2D eigenvalue weighted by atomic mass is 16.3. The summed E-state index contributed by atoms with van der Waals surface area (Å²) in [6.07, 6.45) is 9.40. The Balaban J connectivity index is 2.15. The molecule has 1 aliphatic carbocycles. The Hall–Kier alpha value is -1.96. The second kappa shape index (κ2) is 4.71. The third kappa shape index (κ3) is 2.54. The monoisotopic (exact) mass is 214 g/mol. The average molecular weight is 214 g/mol. The molecule has 0 radical (unpaired) electrons. The molecule has 2 heteroatoms. The molecule has 0 bridgehead atoms. The van der Waals surface area contributed by atoms with Gasteiger partial charge in [0.25, 0.3) is 0 Å². The number of phenols is 1. The van der Waals surface area contributed by atoms with Crippen LogP contribution in [0.1, 0.15) is 18.4 Å². The summed E-state index contributed by atoms with van der Waals surface area (Å²) in [6.45, 7) is 0. The lowest BCUT2D eigenvalue weighted by Gasteiger charge is -2.06. The molecule has 0 heterocycles. The molecule has 0 unspecified atom stereocenters. The molecule has 0 spiro atoms. The Kier molecular flexibility index (Phi) is 3.10. The van der Waals surface area contributed by atoms with E-state index in [1.165, 1.54) is 0 Å². The van der Waals surface area contributed by atoms with Gasteiger partial charge in [-0.25, -0.2) is 0 Å². The van der Waals surface area contributed by atoms with E-state index >= 15 is 0 Å². The smallest absolute Gasteiger partial charge is 0.115 e. The van der Waals surface area contributed by atoms with Gasteiger partial charge in [0.15, 0.2) is 0 Å². The van der Waals surface area contributed by atoms with Crippen LogP contribution in [0.2, 0.25) is 0 Å². The Labute approximate surface area is 94.9 Å². The maximum atomic E-state index is 9.63. The number of aliphatic hydroxyl groups excluding tert-OH is 1. The molecule has 0 fully saturated rings. The molecule has 82 valence electrons. The van der Waals surface area contributed by atoms with Crippen LogP contribution in [0.5, 0.6) is 5.75 Å². The van der Waals surface area contributed by atoms with Crippen molar-refractivity contribution in [3.8, 4) is 5.75 Å². The van der Waals surface area contributed by atoms with Crippen LogP contribution >= 0.6 is 0 Å². The Bertz CT molecular complexity index is 450. The standard InChI is InChI=1S/C14H14O2/c15-13-9-6-11(7-10-13)5-8-12-3-1-2-4-14(12)16/h1,3,5-10,15-16H,2,4H2/b8-5+. The molecule has 0 aliphatic heterocycles. The third-order valence-corrected chi connectivity index (χ3v) is 2.53. The Morgan fingerprint density at radius 2 is 1.75 bits per heavy atom. The fourth-order valence-corrected chi connectivity index (χ4v) is 1.59. The van der Waals surface area contributed by atoms with Crippen LogP contribution < -0.4 is 0 Å². The third-order valence-electron chi connectivity index (χ3n) is 2.53. The summed E-state index contributed by atoms with van der Waals surface area (Å²) in [5.41, 5.74) is 1.86. The maximum absolute atomic E-state index is 9.63. The van der Waals surface area contributed by atoms with Gasteiger partial charge in [-0.2, -0.15) is 0 Å². The largest absolute Gasteiger partial charge is 0.512 e. The highest BCUT2D eigenvalue weighted by molar-refractivity contribution is 5.56. The zero-order chi connectivity index (χ0) is 11.4. The SMILES string of the molecule is OC1=C(/C=C/c2ccc(O)cc2)C=CCC1. The van der Waals surface area contributed by atoms with Crippen molar-refractivity contribution in [2.45, 2.75) is 12.8 Å². The normalized spacial score (nSPS) is 16.0. The molecule has 0 atom stereocenters. The van der Waals surface area contributed by atoms with Crippen molar-refractivity contribution in [3.05, 3.63) is 59.4 Å². The number of aromatic hydroxyl groups is 1. The van der Waals surface area contributed by atoms with E-state index in [-0.39, 0.29) is 5.75 Å². The van der Waals surface area contributed by atoms with Gasteiger partial charge in [-0.3, -0.25) is 0 Å². The van der Waals surface area contributed by atoms with Crippen LogP contribution in [0.15, 0.2) is 53.8 Å². The Morgan fingerprint density at radius 1 is 1.00 bits per heavy atom. The van der Waals surface area contributed by atoms with Crippen molar-refractivity contribution < 1.29 is 10.2 Å². The van der Waals surface area contributed by atoms with Gasteiger partial charge < -0.3 is 10.2 Å². The van der Waals surface area contributed by atoms with Crippen molar-refractivity contribution in [3.63, 3.8) is 0 Å². The van der Waals surface area contributed by atoms with E-state index in [1.807, 2.05) is 30.4 Å². The number of allylic oxidation sites excluding steroid dienone is 5. The minimum Gasteiger partial charge on any atom is -0.512 e. The van der Waals surface area contributed by atoms with Crippen LogP contribution in [0.3, 0.4) is 0 Å². The second-order valence-electron chi connectivity index (χ2n) is 3.77. The molecule has 2 nitrogen and oxygen atoms in total. The molecular weight excluding hydrogens is 200 g/mol. The first kappa shape index (κ1) is 10.6. The van der Waals surface area contributed by atoms with E-state index in [0.29, 0.717) is 12.2 Å². The van der Waals surface area contributed by atoms with Crippen molar-refractivity contribution in [2.75, 3.05) is 0 Å². The summed E-state index contributed by atoms with van der Waals surface area (Å²) in [7, 11) is 0. The number of hydrogen-bond acceptors (Lipinski definition) is 2. The number of rotatable bonds is 2. The average Bonchev–Trinajstić information content (AvgIpc) is 2.30. The fraction of sp³-hybridized carbons (Fsp3) is 0.143. The minimum absolute atomic E-state index is 0.261. The van der Waals surface area contributed by atoms with Gasteiger partial charge >= 0.3 is 0 Å². The van der Waals surface area contributed by atoms with Gasteiger partial charge in [0.2, 0.25) is 0 Å². The van der Waals surface area contributed by atoms with E-state index in [2.05, 4.69) is 6.08 Å². The topological polar surface area (TPSA) is 40.5 Å². The van der Waals surface area contributed by atoms with Gasteiger partial charge in [-0.15, -0.1) is 0 Å². The molecule has 1 aromatic carbocycles. The lowest BCUT2D eigenvalue weighted by atomic mass is 10.0. The lowest BCUT2D eigenvalue weighted by Crippen LogP contribution is -1.91. The first-order valence-electron chi connectivity index (χ1n) is 5.31. The summed E-state index contributed by atoms with van der Waals surface area (Å²) in [5, 5.41) is 18.8. The van der Waals surface area contributed by atoms with E-state index in [0.717, 1.165) is 17.6 Å². The summed E-state index contributed by atoms with van der Waals surface area (Å²) >= 11 is 0. The highest BCUT2D eigenvalue weighted by Crippen LogP contribution is 2.19.